The van der Waals surface area contributed by atoms with Crippen LogP contribution < -0.4 is 11.3 Å². The van der Waals surface area contributed by atoms with Crippen LogP contribution in [0.4, 0.5) is 5.82 Å². The molecule has 114 valence electrons. The Morgan fingerprint density at radius 3 is 2.90 bits per heavy atom. The molecule has 3 heterocycles. The van der Waals surface area contributed by atoms with Gasteiger partial charge in [-0.3, -0.25) is 4.90 Å². The summed E-state index contributed by atoms with van der Waals surface area (Å²) < 4.78 is 5.40. The summed E-state index contributed by atoms with van der Waals surface area (Å²) in [5, 5.41) is 1.04. The van der Waals surface area contributed by atoms with E-state index >= 15 is 0 Å². The Hall–Kier alpha value is -1.28. The minimum Gasteiger partial charge on any atom is -0.380 e. The van der Waals surface area contributed by atoms with Crippen molar-refractivity contribution >= 4 is 27.4 Å². The van der Waals surface area contributed by atoms with Crippen molar-refractivity contribution in [3.8, 4) is 0 Å². The lowest BCUT2D eigenvalue weighted by Crippen LogP contribution is -2.24. The normalized spacial score (nSPS) is 19.5. The van der Waals surface area contributed by atoms with Crippen LogP contribution in [0.25, 0.3) is 10.2 Å². The summed E-state index contributed by atoms with van der Waals surface area (Å²) in [7, 11) is 1.77. The molecule has 3 N–H and O–H groups in total. The van der Waals surface area contributed by atoms with E-state index in [1.807, 2.05) is 0 Å². The van der Waals surface area contributed by atoms with Crippen LogP contribution >= 0.6 is 11.3 Å². The van der Waals surface area contributed by atoms with E-state index in [2.05, 4.69) is 29.2 Å². The number of hydrogen-bond donors (Lipinski definition) is 2. The second-order valence-electron chi connectivity index (χ2n) is 5.48. The van der Waals surface area contributed by atoms with E-state index in [0.29, 0.717) is 6.10 Å². The lowest BCUT2D eigenvalue weighted by molar-refractivity contribution is 0.107. The van der Waals surface area contributed by atoms with Gasteiger partial charge in [-0.2, -0.15) is 0 Å². The van der Waals surface area contributed by atoms with Crippen LogP contribution in [0.15, 0.2) is 0 Å². The fourth-order valence-corrected chi connectivity index (χ4v) is 3.85. The molecule has 1 unspecified atom stereocenters. The third-order valence-corrected chi connectivity index (χ3v) is 5.24. The number of methoxy groups -OCH3 is 1. The number of likely N-dealkylation sites (tertiary alicyclic amines) is 1. The molecule has 0 bridgehead atoms. The zero-order valence-electron chi connectivity index (χ0n) is 12.6. The quantitative estimate of drug-likeness (QED) is 0.663. The number of hydrogen-bond acceptors (Lipinski definition) is 7. The standard InChI is InChI=1S/C14H21N5OS/c1-8-9(2)21-14-12(8)13(18-15)16-11(17-14)7-19-5-4-10(6-19)20-3/h10H,4-7,15H2,1-3H3,(H,16,17,18). The first-order chi connectivity index (χ1) is 10.1. The number of nitrogens with one attached hydrogen (secondary N) is 1. The largest absolute Gasteiger partial charge is 0.380 e. The van der Waals surface area contributed by atoms with Crippen molar-refractivity contribution in [3.63, 3.8) is 0 Å². The number of aromatic nitrogens is 2. The summed E-state index contributed by atoms with van der Waals surface area (Å²) in [6.07, 6.45) is 1.39. The van der Waals surface area contributed by atoms with E-state index < -0.39 is 0 Å². The molecule has 1 fully saturated rings. The maximum Gasteiger partial charge on any atom is 0.152 e. The number of nitrogens with zero attached hydrogens (tertiary/aromatic N) is 3. The number of nitrogen functional groups attached to an aromatic ring is 1. The van der Waals surface area contributed by atoms with Gasteiger partial charge in [-0.15, -0.1) is 11.3 Å². The SMILES string of the molecule is COC1CCN(Cc2nc(NN)c3c(C)c(C)sc3n2)C1. The fraction of sp³-hybridized carbons (Fsp3) is 0.571. The van der Waals surface area contributed by atoms with Crippen molar-refractivity contribution in [2.24, 2.45) is 5.84 Å². The first-order valence-electron chi connectivity index (χ1n) is 7.10. The molecule has 1 aliphatic heterocycles. The predicted molar refractivity (Wildman–Crippen MR) is 85.4 cm³/mol. The maximum atomic E-state index is 5.65. The van der Waals surface area contributed by atoms with Crippen LogP contribution in [-0.2, 0) is 11.3 Å². The number of nitrogens with two attached hydrogens (primary N) is 1. The monoisotopic (exact) mass is 307 g/mol. The van der Waals surface area contributed by atoms with E-state index in [9.17, 15) is 0 Å². The van der Waals surface area contributed by atoms with Crippen LogP contribution in [0.5, 0.6) is 0 Å². The fourth-order valence-electron chi connectivity index (χ4n) is 2.80. The van der Waals surface area contributed by atoms with Gasteiger partial charge in [0.25, 0.3) is 0 Å². The van der Waals surface area contributed by atoms with E-state index in [1.54, 1.807) is 18.4 Å². The summed E-state index contributed by atoms with van der Waals surface area (Å²) in [5.41, 5.74) is 3.93. The molecule has 7 heteroatoms. The summed E-state index contributed by atoms with van der Waals surface area (Å²) in [4.78, 5) is 13.9. The van der Waals surface area contributed by atoms with Crippen molar-refractivity contribution in [2.45, 2.75) is 32.9 Å². The zero-order chi connectivity index (χ0) is 15.0. The second kappa shape index (κ2) is 5.84. The molecule has 0 aromatic carbocycles. The molecule has 1 atom stereocenters. The highest BCUT2D eigenvalue weighted by Crippen LogP contribution is 2.33. The topological polar surface area (TPSA) is 76.3 Å². The highest BCUT2D eigenvalue weighted by atomic mass is 32.1. The van der Waals surface area contributed by atoms with Gasteiger partial charge in [0, 0.05) is 25.1 Å². The molecular formula is C14H21N5OS. The van der Waals surface area contributed by atoms with Crippen LogP contribution in [0, 0.1) is 13.8 Å². The van der Waals surface area contributed by atoms with Crippen LogP contribution in [0.2, 0.25) is 0 Å². The second-order valence-corrected chi connectivity index (χ2v) is 6.68. The third-order valence-electron chi connectivity index (χ3n) is 4.14. The number of fused-ring (bicyclic) bond motifs is 1. The lowest BCUT2D eigenvalue weighted by Gasteiger charge is -2.15. The molecule has 0 aliphatic carbocycles. The third kappa shape index (κ3) is 2.74. The lowest BCUT2D eigenvalue weighted by atomic mass is 10.2. The maximum absolute atomic E-state index is 5.65. The van der Waals surface area contributed by atoms with E-state index in [4.69, 9.17) is 15.6 Å². The summed E-state index contributed by atoms with van der Waals surface area (Å²) in [5.74, 6) is 7.18. The Labute approximate surface area is 128 Å². The average molecular weight is 307 g/mol. The molecule has 3 rings (SSSR count). The van der Waals surface area contributed by atoms with Crippen molar-refractivity contribution in [2.75, 3.05) is 25.6 Å². The van der Waals surface area contributed by atoms with Gasteiger partial charge >= 0.3 is 0 Å². The Balaban J connectivity index is 1.89. The molecule has 0 radical (unpaired) electrons. The number of aryl methyl sites for hydroxylation is 2. The molecule has 1 saturated heterocycles. The molecule has 0 spiro atoms. The van der Waals surface area contributed by atoms with Crippen LogP contribution in [0.3, 0.4) is 0 Å². The zero-order valence-corrected chi connectivity index (χ0v) is 13.5. The van der Waals surface area contributed by atoms with Gasteiger partial charge in [-0.05, 0) is 25.8 Å². The highest BCUT2D eigenvalue weighted by Gasteiger charge is 2.23. The summed E-state index contributed by atoms with van der Waals surface area (Å²) in [6, 6.07) is 0. The van der Waals surface area contributed by atoms with Crippen molar-refractivity contribution in [1.29, 1.82) is 0 Å². The van der Waals surface area contributed by atoms with Gasteiger partial charge in [0.15, 0.2) is 5.82 Å². The van der Waals surface area contributed by atoms with Gasteiger partial charge in [-0.25, -0.2) is 15.8 Å². The Morgan fingerprint density at radius 2 is 2.24 bits per heavy atom. The van der Waals surface area contributed by atoms with Crippen molar-refractivity contribution < 1.29 is 4.74 Å². The van der Waals surface area contributed by atoms with Gasteiger partial charge in [0.1, 0.15) is 10.7 Å². The Morgan fingerprint density at radius 1 is 1.43 bits per heavy atom. The van der Waals surface area contributed by atoms with E-state index in [0.717, 1.165) is 47.9 Å². The number of thiophene rings is 1. The minimum absolute atomic E-state index is 0.326. The summed E-state index contributed by atoms with van der Waals surface area (Å²) in [6.45, 7) is 6.88. The van der Waals surface area contributed by atoms with Gasteiger partial charge < -0.3 is 10.2 Å². The average Bonchev–Trinajstić information content (AvgIpc) is 3.04. The van der Waals surface area contributed by atoms with Crippen LogP contribution in [0.1, 0.15) is 22.7 Å². The molecule has 21 heavy (non-hydrogen) atoms. The van der Waals surface area contributed by atoms with Gasteiger partial charge in [0.2, 0.25) is 0 Å². The molecular weight excluding hydrogens is 286 g/mol. The summed E-state index contributed by atoms with van der Waals surface area (Å²) >= 11 is 1.70. The van der Waals surface area contributed by atoms with E-state index in [-0.39, 0.29) is 0 Å². The first kappa shape index (κ1) is 14.6. The van der Waals surface area contributed by atoms with Gasteiger partial charge in [-0.1, -0.05) is 0 Å². The highest BCUT2D eigenvalue weighted by molar-refractivity contribution is 7.18. The smallest absolute Gasteiger partial charge is 0.152 e. The molecule has 2 aromatic rings. The molecule has 1 aliphatic rings. The Bertz CT molecular complexity index is 656. The van der Waals surface area contributed by atoms with Gasteiger partial charge in [0.05, 0.1) is 18.0 Å². The molecule has 6 nitrogen and oxygen atoms in total. The number of anilines is 1. The Kier molecular flexibility index (Phi) is 4.08. The first-order valence-corrected chi connectivity index (χ1v) is 7.92. The van der Waals surface area contributed by atoms with E-state index in [1.165, 1.54) is 10.4 Å². The molecule has 0 amide bonds. The minimum atomic E-state index is 0.326. The number of ether oxygens (including phenoxy) is 1. The van der Waals surface area contributed by atoms with Crippen molar-refractivity contribution in [3.05, 3.63) is 16.3 Å². The molecule has 2 aromatic heterocycles. The number of hydrazine groups is 1. The molecule has 0 saturated carbocycles. The van der Waals surface area contributed by atoms with Crippen molar-refractivity contribution in [1.82, 2.24) is 14.9 Å². The van der Waals surface area contributed by atoms with Crippen LogP contribution in [-0.4, -0.2) is 41.2 Å². The number of rotatable bonds is 4. The predicted octanol–water partition coefficient (Wildman–Crippen LogP) is 1.81.